The quantitative estimate of drug-likeness (QED) is 0.880. The van der Waals surface area contributed by atoms with Gasteiger partial charge in [-0.25, -0.2) is 0 Å². The number of primary amides is 1. The van der Waals surface area contributed by atoms with Crippen molar-refractivity contribution in [3.63, 3.8) is 0 Å². The molecule has 0 aliphatic heterocycles. The average molecular weight is 262 g/mol. The largest absolute Gasteiger partial charge is 0.369 e. The van der Waals surface area contributed by atoms with Crippen molar-refractivity contribution in [1.29, 1.82) is 0 Å². The van der Waals surface area contributed by atoms with Crippen LogP contribution in [0.4, 0.5) is 0 Å². The molecule has 1 aromatic heterocycles. The number of nitrogens with zero attached hydrogens (tertiary/aromatic N) is 1. The SMILES string of the molecule is NC(=O)CS(=O)Cc1ccccc1-n1cccc1. The zero-order valence-corrected chi connectivity index (χ0v) is 10.6. The highest BCUT2D eigenvalue weighted by Crippen LogP contribution is 2.16. The van der Waals surface area contributed by atoms with E-state index in [0.29, 0.717) is 5.75 Å². The predicted molar refractivity (Wildman–Crippen MR) is 71.7 cm³/mol. The van der Waals surface area contributed by atoms with E-state index < -0.39 is 16.7 Å². The number of benzene rings is 1. The molecule has 0 saturated heterocycles. The van der Waals surface area contributed by atoms with E-state index in [4.69, 9.17) is 5.73 Å². The average Bonchev–Trinajstić information content (AvgIpc) is 2.81. The van der Waals surface area contributed by atoms with Crippen molar-refractivity contribution < 1.29 is 9.00 Å². The minimum Gasteiger partial charge on any atom is -0.369 e. The van der Waals surface area contributed by atoms with Crippen molar-refractivity contribution in [1.82, 2.24) is 4.57 Å². The first-order valence-electron chi connectivity index (χ1n) is 5.51. The first-order chi connectivity index (χ1) is 8.66. The molecular formula is C13H14N2O2S. The molecule has 94 valence electrons. The first-order valence-corrected chi connectivity index (χ1v) is 7.00. The van der Waals surface area contributed by atoms with Crippen LogP contribution in [0.3, 0.4) is 0 Å². The van der Waals surface area contributed by atoms with Crippen molar-refractivity contribution in [3.8, 4) is 5.69 Å². The number of carbonyl (C=O) groups is 1. The number of aromatic nitrogens is 1. The van der Waals surface area contributed by atoms with Gasteiger partial charge < -0.3 is 10.3 Å². The minimum atomic E-state index is -1.26. The van der Waals surface area contributed by atoms with Gasteiger partial charge in [0.2, 0.25) is 5.91 Å². The molecule has 2 rings (SSSR count). The summed E-state index contributed by atoms with van der Waals surface area (Å²) in [5.41, 5.74) is 6.95. The molecule has 1 heterocycles. The zero-order valence-electron chi connectivity index (χ0n) is 9.78. The van der Waals surface area contributed by atoms with Gasteiger partial charge in [-0.1, -0.05) is 18.2 Å². The minimum absolute atomic E-state index is 0.0972. The highest BCUT2D eigenvalue weighted by molar-refractivity contribution is 7.84. The van der Waals surface area contributed by atoms with Crippen molar-refractivity contribution in [3.05, 3.63) is 54.4 Å². The monoisotopic (exact) mass is 262 g/mol. The van der Waals surface area contributed by atoms with E-state index in [1.54, 1.807) is 0 Å². The third-order valence-electron chi connectivity index (χ3n) is 2.49. The van der Waals surface area contributed by atoms with Crippen molar-refractivity contribution in [2.75, 3.05) is 5.75 Å². The Morgan fingerprint density at radius 3 is 2.50 bits per heavy atom. The molecule has 0 radical (unpaired) electrons. The fourth-order valence-electron chi connectivity index (χ4n) is 1.76. The van der Waals surface area contributed by atoms with Crippen LogP contribution in [-0.4, -0.2) is 20.4 Å². The van der Waals surface area contributed by atoms with Crippen LogP contribution in [-0.2, 0) is 21.3 Å². The lowest BCUT2D eigenvalue weighted by molar-refractivity contribution is -0.115. The number of nitrogens with two attached hydrogens (primary N) is 1. The molecule has 0 aliphatic rings. The standard InChI is InChI=1S/C13H14N2O2S/c14-13(16)10-18(17)9-11-5-1-2-6-12(11)15-7-3-4-8-15/h1-8H,9-10H2,(H2,14,16). The molecule has 5 heteroatoms. The third kappa shape index (κ3) is 3.07. The Morgan fingerprint density at radius 1 is 1.17 bits per heavy atom. The third-order valence-corrected chi connectivity index (χ3v) is 3.73. The van der Waals surface area contributed by atoms with Gasteiger partial charge in [-0.2, -0.15) is 0 Å². The van der Waals surface area contributed by atoms with E-state index in [2.05, 4.69) is 0 Å². The summed E-state index contributed by atoms with van der Waals surface area (Å²) in [4.78, 5) is 10.7. The summed E-state index contributed by atoms with van der Waals surface area (Å²) in [5.74, 6) is -0.302. The van der Waals surface area contributed by atoms with Gasteiger partial charge in [0.15, 0.2) is 0 Å². The summed E-state index contributed by atoms with van der Waals surface area (Å²) < 4.78 is 13.7. The van der Waals surface area contributed by atoms with Crippen LogP contribution in [0.2, 0.25) is 0 Å². The Balaban J connectivity index is 2.23. The number of rotatable bonds is 5. The molecule has 0 spiro atoms. The van der Waals surface area contributed by atoms with E-state index in [1.807, 2.05) is 53.4 Å². The maximum absolute atomic E-state index is 11.7. The van der Waals surface area contributed by atoms with Crippen LogP contribution < -0.4 is 5.73 Å². The number of hydrogen-bond donors (Lipinski definition) is 1. The summed E-state index contributed by atoms with van der Waals surface area (Å²) in [6.45, 7) is 0. The second-order valence-electron chi connectivity index (χ2n) is 3.91. The summed E-state index contributed by atoms with van der Waals surface area (Å²) >= 11 is 0. The molecule has 2 N–H and O–H groups in total. The Bertz CT molecular complexity index is 564. The van der Waals surface area contributed by atoms with Crippen molar-refractivity contribution in [2.45, 2.75) is 5.75 Å². The molecule has 1 aromatic carbocycles. The first kappa shape index (κ1) is 12.6. The van der Waals surface area contributed by atoms with E-state index in [-0.39, 0.29) is 5.75 Å². The van der Waals surface area contributed by atoms with E-state index in [9.17, 15) is 9.00 Å². The highest BCUT2D eigenvalue weighted by atomic mass is 32.2. The van der Waals surface area contributed by atoms with Crippen LogP contribution in [0.5, 0.6) is 0 Å². The molecule has 0 fully saturated rings. The van der Waals surface area contributed by atoms with E-state index in [1.165, 1.54) is 0 Å². The second kappa shape index (κ2) is 5.64. The maximum Gasteiger partial charge on any atom is 0.230 e. The summed E-state index contributed by atoms with van der Waals surface area (Å²) in [6.07, 6.45) is 3.85. The van der Waals surface area contributed by atoms with Gasteiger partial charge in [0.05, 0.1) is 5.75 Å². The van der Waals surface area contributed by atoms with Crippen LogP contribution in [0.25, 0.3) is 5.69 Å². The normalized spacial score (nSPS) is 12.2. The molecule has 1 amide bonds. The zero-order chi connectivity index (χ0) is 13.0. The van der Waals surface area contributed by atoms with Crippen LogP contribution in [0, 0.1) is 0 Å². The molecule has 4 nitrogen and oxygen atoms in total. The molecule has 1 atom stereocenters. The van der Waals surface area contributed by atoms with Crippen LogP contribution in [0.1, 0.15) is 5.56 Å². The lowest BCUT2D eigenvalue weighted by atomic mass is 10.2. The van der Waals surface area contributed by atoms with Gasteiger partial charge in [-0.15, -0.1) is 0 Å². The molecule has 0 bridgehead atoms. The maximum atomic E-state index is 11.7. The summed E-state index contributed by atoms with van der Waals surface area (Å²) in [7, 11) is -1.26. The van der Waals surface area contributed by atoms with Gasteiger partial charge in [-0.05, 0) is 23.8 Å². The van der Waals surface area contributed by atoms with E-state index in [0.717, 1.165) is 11.3 Å². The van der Waals surface area contributed by atoms with Crippen molar-refractivity contribution >= 4 is 16.7 Å². The lowest BCUT2D eigenvalue weighted by Crippen LogP contribution is -2.20. The van der Waals surface area contributed by atoms with Gasteiger partial charge in [0, 0.05) is 28.9 Å². The van der Waals surface area contributed by atoms with Gasteiger partial charge in [-0.3, -0.25) is 9.00 Å². The molecule has 0 aliphatic carbocycles. The van der Waals surface area contributed by atoms with Gasteiger partial charge in [0.1, 0.15) is 5.75 Å². The Labute approximate surface area is 108 Å². The second-order valence-corrected chi connectivity index (χ2v) is 5.37. The number of carbonyl (C=O) groups excluding carboxylic acids is 1. The highest BCUT2D eigenvalue weighted by Gasteiger charge is 2.09. The Morgan fingerprint density at radius 2 is 1.83 bits per heavy atom. The molecule has 18 heavy (non-hydrogen) atoms. The fourth-order valence-corrected chi connectivity index (χ4v) is 2.77. The van der Waals surface area contributed by atoms with Crippen molar-refractivity contribution in [2.24, 2.45) is 5.73 Å². The van der Waals surface area contributed by atoms with Crippen LogP contribution >= 0.6 is 0 Å². The molecule has 2 aromatic rings. The van der Waals surface area contributed by atoms with Crippen LogP contribution in [0.15, 0.2) is 48.8 Å². The lowest BCUT2D eigenvalue weighted by Gasteiger charge is -2.09. The fraction of sp³-hybridized carbons (Fsp3) is 0.154. The van der Waals surface area contributed by atoms with Gasteiger partial charge >= 0.3 is 0 Å². The smallest absolute Gasteiger partial charge is 0.230 e. The molecular weight excluding hydrogens is 248 g/mol. The topological polar surface area (TPSA) is 65.1 Å². The number of hydrogen-bond acceptors (Lipinski definition) is 2. The van der Waals surface area contributed by atoms with E-state index >= 15 is 0 Å². The molecule has 1 unspecified atom stereocenters. The summed E-state index contributed by atoms with van der Waals surface area (Å²) in [6, 6.07) is 11.5. The molecule has 0 saturated carbocycles. The summed E-state index contributed by atoms with van der Waals surface area (Å²) in [5, 5.41) is 0. The Hall–Kier alpha value is -1.88. The predicted octanol–water partition coefficient (Wildman–Crippen LogP) is 1.21. The van der Waals surface area contributed by atoms with Gasteiger partial charge in [0.25, 0.3) is 0 Å². The number of para-hydroxylation sites is 1. The Kier molecular flexibility index (Phi) is 3.94. The number of amides is 1.